The van der Waals surface area contributed by atoms with E-state index in [2.05, 4.69) is 0 Å². The summed E-state index contributed by atoms with van der Waals surface area (Å²) in [6.45, 7) is 2.33. The SMILES string of the molecule is NCCCC[C@H](N)C(=O)[O-].NCCCC[C@H](N)C(=O)[O-].NCCCC[C@H](N)C(=O)[O-].NCCCC[C@H](N)C(=O)[O-].[NH4+].[NH4+].[Zn+2]. The van der Waals surface area contributed by atoms with E-state index in [1.54, 1.807) is 0 Å². The minimum atomic E-state index is -1.18. The molecule has 24 N–H and O–H groups in total. The van der Waals surface area contributed by atoms with Crippen LogP contribution in [0.2, 0.25) is 0 Å². The fraction of sp³-hybridized carbons (Fsp3) is 0.833. The molecule has 0 spiro atoms. The average molecular weight is 682 g/mol. The van der Waals surface area contributed by atoms with Crippen LogP contribution in [0.25, 0.3) is 0 Å². The van der Waals surface area contributed by atoms with Gasteiger partial charge in [-0.15, -0.1) is 0 Å². The van der Waals surface area contributed by atoms with Gasteiger partial charge in [0.15, 0.2) is 0 Å². The smallest absolute Gasteiger partial charge is 0.548 e. The number of carboxylic acids is 4. The molecular formula is C24H60N10O8Zn. The summed E-state index contributed by atoms with van der Waals surface area (Å²) < 4.78 is 0. The van der Waals surface area contributed by atoms with E-state index in [4.69, 9.17) is 45.9 Å². The number of unbranched alkanes of at least 4 members (excludes halogenated alkanes) is 4. The molecule has 0 aliphatic rings. The van der Waals surface area contributed by atoms with Crippen molar-refractivity contribution < 1.29 is 59.1 Å². The van der Waals surface area contributed by atoms with E-state index >= 15 is 0 Å². The summed E-state index contributed by atoms with van der Waals surface area (Å²) in [7, 11) is 0. The van der Waals surface area contributed by atoms with Crippen molar-refractivity contribution in [2.24, 2.45) is 45.9 Å². The normalized spacial score (nSPS) is 12.1. The summed E-state index contributed by atoms with van der Waals surface area (Å²) in [4.78, 5) is 40.1. The second-order valence-corrected chi connectivity index (χ2v) is 8.84. The third kappa shape index (κ3) is 50.1. The van der Waals surface area contributed by atoms with Crippen molar-refractivity contribution in [3.05, 3.63) is 0 Å². The van der Waals surface area contributed by atoms with Crippen LogP contribution in [0.5, 0.6) is 0 Å². The topological polar surface area (TPSA) is 442 Å². The van der Waals surface area contributed by atoms with Crippen molar-refractivity contribution in [2.75, 3.05) is 26.2 Å². The Labute approximate surface area is 268 Å². The first-order chi connectivity index (χ1) is 18.7. The Balaban J connectivity index is -0.0000000785. The van der Waals surface area contributed by atoms with Gasteiger partial charge in [-0.25, -0.2) is 0 Å². The molecule has 0 saturated heterocycles. The molecule has 4 atom stereocenters. The second-order valence-electron chi connectivity index (χ2n) is 8.84. The number of quaternary nitrogens is 2. The molecule has 0 aromatic heterocycles. The zero-order chi connectivity index (χ0) is 31.9. The van der Waals surface area contributed by atoms with Crippen LogP contribution in [0.15, 0.2) is 0 Å². The molecule has 0 aromatic carbocycles. The van der Waals surface area contributed by atoms with E-state index in [0.717, 1.165) is 51.4 Å². The first-order valence-electron chi connectivity index (χ1n) is 13.4. The summed E-state index contributed by atoms with van der Waals surface area (Å²) in [5.74, 6) is -4.73. The van der Waals surface area contributed by atoms with E-state index in [1.807, 2.05) is 0 Å². The maximum atomic E-state index is 10.0. The molecule has 43 heavy (non-hydrogen) atoms. The maximum absolute atomic E-state index is 10.0. The average Bonchev–Trinajstić information content (AvgIpc) is 2.89. The van der Waals surface area contributed by atoms with Crippen molar-refractivity contribution in [1.29, 1.82) is 0 Å². The Morgan fingerprint density at radius 1 is 0.395 bits per heavy atom. The summed E-state index contributed by atoms with van der Waals surface area (Å²) in [6.07, 6.45) is 8.14. The Kier molecular flexibility index (Phi) is 55.8. The van der Waals surface area contributed by atoms with Gasteiger partial charge in [-0.3, -0.25) is 0 Å². The van der Waals surface area contributed by atoms with Crippen LogP contribution >= 0.6 is 0 Å². The number of carbonyl (C=O) groups excluding carboxylic acids is 4. The van der Waals surface area contributed by atoms with Crippen LogP contribution in [-0.4, -0.2) is 74.2 Å². The third-order valence-electron chi connectivity index (χ3n) is 5.09. The summed E-state index contributed by atoms with van der Waals surface area (Å²) >= 11 is 0. The quantitative estimate of drug-likeness (QED) is 0.0421. The maximum Gasteiger partial charge on any atom is 2.00 e. The molecule has 0 aliphatic carbocycles. The number of nitrogens with two attached hydrogens (primary N) is 8. The van der Waals surface area contributed by atoms with E-state index in [-0.39, 0.29) is 31.8 Å². The fourth-order valence-electron chi connectivity index (χ4n) is 2.51. The van der Waals surface area contributed by atoms with Crippen molar-refractivity contribution in [2.45, 2.75) is 101 Å². The number of rotatable bonds is 20. The predicted octanol–water partition coefficient (Wildman–Crippen LogP) is -6.48. The van der Waals surface area contributed by atoms with Gasteiger partial charge in [-0.05, 0) is 77.5 Å². The molecule has 0 bridgehead atoms. The fourth-order valence-corrected chi connectivity index (χ4v) is 2.51. The van der Waals surface area contributed by atoms with Gasteiger partial charge in [0, 0.05) is 24.2 Å². The minimum Gasteiger partial charge on any atom is -0.548 e. The molecule has 19 heteroatoms. The molecule has 0 heterocycles. The number of hydrogen-bond acceptors (Lipinski definition) is 16. The van der Waals surface area contributed by atoms with Crippen molar-refractivity contribution in [3.63, 3.8) is 0 Å². The van der Waals surface area contributed by atoms with Crippen LogP contribution in [-0.2, 0) is 38.7 Å². The zero-order valence-electron chi connectivity index (χ0n) is 26.2. The van der Waals surface area contributed by atoms with Gasteiger partial charge in [0.2, 0.25) is 0 Å². The third-order valence-corrected chi connectivity index (χ3v) is 5.09. The molecule has 0 unspecified atom stereocenters. The van der Waals surface area contributed by atoms with Gasteiger partial charge in [-0.1, -0.05) is 25.7 Å². The Bertz CT molecular complexity index is 539. The molecule has 0 fully saturated rings. The van der Waals surface area contributed by atoms with Crippen LogP contribution in [0.3, 0.4) is 0 Å². The Morgan fingerprint density at radius 3 is 0.628 bits per heavy atom. The van der Waals surface area contributed by atoms with Crippen LogP contribution in [0.1, 0.15) is 77.0 Å². The molecule has 18 nitrogen and oxygen atoms in total. The first-order valence-corrected chi connectivity index (χ1v) is 13.4. The van der Waals surface area contributed by atoms with Gasteiger partial charge in [-0.2, -0.15) is 0 Å². The van der Waals surface area contributed by atoms with E-state index in [1.165, 1.54) is 0 Å². The summed E-state index contributed by atoms with van der Waals surface area (Å²) in [5.41, 5.74) is 41.4. The second kappa shape index (κ2) is 42.2. The number of carbonyl (C=O) groups is 4. The Hall–Kier alpha value is -1.90. The van der Waals surface area contributed by atoms with Gasteiger partial charge in [0.1, 0.15) is 0 Å². The van der Waals surface area contributed by atoms with Gasteiger partial charge >= 0.3 is 19.5 Å². The molecule has 0 aliphatic heterocycles. The Morgan fingerprint density at radius 2 is 0.535 bits per heavy atom. The van der Waals surface area contributed by atoms with Crippen molar-refractivity contribution in [1.82, 2.24) is 12.3 Å². The number of aliphatic carboxylic acids is 4. The van der Waals surface area contributed by atoms with Gasteiger partial charge < -0.3 is 97.8 Å². The standard InChI is InChI=1S/4C6H14N2O2.2H3N.Zn/c4*7-4-2-1-3-5(8)6(9)10;;;/h4*5H,1-4,7-8H2,(H,9,10);2*1H3;/q;;;;;;+2/p-2/t4*5-;;;/m0000.../s1. The van der Waals surface area contributed by atoms with Gasteiger partial charge in [0.05, 0.1) is 23.9 Å². The minimum absolute atomic E-state index is 0. The monoisotopic (exact) mass is 680 g/mol. The van der Waals surface area contributed by atoms with E-state index in [0.29, 0.717) is 51.9 Å². The molecule has 0 radical (unpaired) electrons. The largest absolute Gasteiger partial charge is 2.00 e. The molecule has 0 rings (SSSR count). The molecular weight excluding hydrogens is 622 g/mol. The summed E-state index contributed by atoms with van der Waals surface area (Å²) in [5, 5.41) is 40.1. The molecule has 0 amide bonds. The van der Waals surface area contributed by atoms with E-state index in [9.17, 15) is 39.6 Å². The summed E-state index contributed by atoms with van der Waals surface area (Å²) in [6, 6.07) is -3.31. The van der Waals surface area contributed by atoms with E-state index < -0.39 is 48.0 Å². The van der Waals surface area contributed by atoms with Crippen molar-refractivity contribution >= 4 is 23.9 Å². The number of hydrogen-bond donors (Lipinski definition) is 10. The number of carboxylic acid groups (broad SMARTS) is 4. The van der Waals surface area contributed by atoms with Crippen LogP contribution < -0.4 is 78.6 Å². The zero-order valence-corrected chi connectivity index (χ0v) is 29.2. The molecule has 256 valence electrons. The molecule has 0 aromatic rings. The first kappa shape index (κ1) is 56.8. The van der Waals surface area contributed by atoms with Crippen LogP contribution in [0.4, 0.5) is 0 Å². The van der Waals surface area contributed by atoms with Gasteiger partial charge in [0.25, 0.3) is 0 Å². The predicted molar refractivity (Wildman–Crippen MR) is 156 cm³/mol. The van der Waals surface area contributed by atoms with Crippen LogP contribution in [0, 0.1) is 0 Å². The molecule has 0 saturated carbocycles. The van der Waals surface area contributed by atoms with Crippen molar-refractivity contribution in [3.8, 4) is 0 Å².